The molecule has 0 aliphatic carbocycles. The van der Waals surface area contributed by atoms with E-state index in [2.05, 4.69) is 21.2 Å². The Bertz CT molecular complexity index is 994. The van der Waals surface area contributed by atoms with Gasteiger partial charge in [0.2, 0.25) is 0 Å². The Labute approximate surface area is 150 Å². The molecular weight excluding hydrogens is 390 g/mol. The third kappa shape index (κ3) is 4.13. The fraction of sp³-hybridized carbons (Fsp3) is 0.0556. The van der Waals surface area contributed by atoms with Crippen molar-refractivity contribution < 1.29 is 18.7 Å². The Morgan fingerprint density at radius 1 is 1.08 bits per heavy atom. The monoisotopic (exact) mass is 401 g/mol. The second-order valence-electron chi connectivity index (χ2n) is 5.12. The number of carbonyl (C=O) groups excluding carboxylic acids is 2. The van der Waals surface area contributed by atoms with Crippen LogP contribution in [0, 0.1) is 0 Å². The van der Waals surface area contributed by atoms with E-state index >= 15 is 0 Å². The predicted molar refractivity (Wildman–Crippen MR) is 95.5 cm³/mol. The number of anilines is 1. The fourth-order valence-electron chi connectivity index (χ4n) is 2.14. The van der Waals surface area contributed by atoms with Crippen molar-refractivity contribution in [3.63, 3.8) is 0 Å². The minimum Gasteiger partial charge on any atom is -0.452 e. The molecule has 126 valence electrons. The molecule has 0 fully saturated rings. The number of hydrogen-bond acceptors (Lipinski definition) is 5. The lowest BCUT2D eigenvalue weighted by Gasteiger charge is -2.06. The first-order valence-corrected chi connectivity index (χ1v) is 8.08. The normalized spacial score (nSPS) is 10.4. The van der Waals surface area contributed by atoms with Crippen molar-refractivity contribution in [2.24, 2.45) is 0 Å². The van der Waals surface area contributed by atoms with E-state index in [4.69, 9.17) is 9.15 Å². The van der Waals surface area contributed by atoms with E-state index in [1.807, 2.05) is 0 Å². The molecule has 0 unspecified atom stereocenters. The van der Waals surface area contributed by atoms with E-state index in [1.165, 1.54) is 6.07 Å². The number of rotatable bonds is 4. The highest BCUT2D eigenvalue weighted by Gasteiger charge is 2.16. The van der Waals surface area contributed by atoms with Gasteiger partial charge in [-0.25, -0.2) is 9.59 Å². The molecule has 1 amide bonds. The number of amides is 1. The maximum absolute atomic E-state index is 12.0. The van der Waals surface area contributed by atoms with Crippen LogP contribution in [0.3, 0.4) is 0 Å². The Kier molecular flexibility index (Phi) is 4.95. The summed E-state index contributed by atoms with van der Waals surface area (Å²) in [5.41, 5.74) is -0.126. The van der Waals surface area contributed by atoms with Gasteiger partial charge in [0.15, 0.2) is 6.61 Å². The number of ether oxygens (including phenoxy) is 1. The molecule has 0 aliphatic rings. The van der Waals surface area contributed by atoms with Crippen molar-refractivity contribution in [2.75, 3.05) is 11.9 Å². The molecule has 1 heterocycles. The van der Waals surface area contributed by atoms with E-state index in [0.29, 0.717) is 16.7 Å². The second kappa shape index (κ2) is 7.31. The van der Waals surface area contributed by atoms with Gasteiger partial charge in [0.05, 0.1) is 0 Å². The molecule has 0 atom stereocenters. The van der Waals surface area contributed by atoms with Crippen LogP contribution in [0.4, 0.5) is 5.69 Å². The number of hydrogen-bond donors (Lipinski definition) is 1. The minimum atomic E-state index is -0.912. The van der Waals surface area contributed by atoms with Gasteiger partial charge in [-0.15, -0.1) is 0 Å². The summed E-state index contributed by atoms with van der Waals surface area (Å²) in [7, 11) is 0. The van der Waals surface area contributed by atoms with Crippen LogP contribution in [0.5, 0.6) is 0 Å². The molecule has 0 radical (unpaired) electrons. The molecule has 3 aromatic rings. The first-order valence-electron chi connectivity index (χ1n) is 7.28. The number of esters is 1. The minimum absolute atomic E-state index is 0.254. The third-order valence-corrected chi connectivity index (χ3v) is 3.85. The highest BCUT2D eigenvalue weighted by atomic mass is 79.9. The number of benzene rings is 2. The van der Waals surface area contributed by atoms with Gasteiger partial charge in [-0.3, -0.25) is 4.79 Å². The molecule has 0 bridgehead atoms. The number of para-hydroxylation sites is 1. The van der Waals surface area contributed by atoms with Crippen molar-refractivity contribution in [3.05, 3.63) is 75.1 Å². The van der Waals surface area contributed by atoms with Gasteiger partial charge < -0.3 is 14.5 Å². The van der Waals surface area contributed by atoms with Crippen LogP contribution < -0.4 is 10.9 Å². The summed E-state index contributed by atoms with van der Waals surface area (Å²) in [5.74, 6) is -1.42. The molecule has 0 aliphatic heterocycles. The van der Waals surface area contributed by atoms with Crippen LogP contribution >= 0.6 is 15.9 Å². The van der Waals surface area contributed by atoms with Gasteiger partial charge in [0.1, 0.15) is 11.1 Å². The van der Waals surface area contributed by atoms with E-state index in [-0.39, 0.29) is 5.56 Å². The molecule has 7 heteroatoms. The number of halogens is 1. The summed E-state index contributed by atoms with van der Waals surface area (Å²) in [5, 5.41) is 3.17. The van der Waals surface area contributed by atoms with Crippen LogP contribution in [0.2, 0.25) is 0 Å². The van der Waals surface area contributed by atoms with Crippen molar-refractivity contribution in [1.29, 1.82) is 0 Å². The first kappa shape index (κ1) is 16.9. The fourth-order valence-corrected chi connectivity index (χ4v) is 2.41. The zero-order chi connectivity index (χ0) is 17.8. The summed E-state index contributed by atoms with van der Waals surface area (Å²) in [4.78, 5) is 35.7. The molecule has 1 N–H and O–H groups in total. The first-order chi connectivity index (χ1) is 12.0. The third-order valence-electron chi connectivity index (χ3n) is 3.32. The Morgan fingerprint density at radius 2 is 1.80 bits per heavy atom. The molecule has 0 saturated heterocycles. The van der Waals surface area contributed by atoms with E-state index in [0.717, 1.165) is 4.47 Å². The summed E-state index contributed by atoms with van der Waals surface area (Å²) >= 11 is 3.29. The summed E-state index contributed by atoms with van der Waals surface area (Å²) < 4.78 is 10.8. The van der Waals surface area contributed by atoms with Gasteiger partial charge in [-0.2, -0.15) is 0 Å². The van der Waals surface area contributed by atoms with Crippen LogP contribution in [0.15, 0.2) is 68.3 Å². The van der Waals surface area contributed by atoms with Crippen LogP contribution in [-0.4, -0.2) is 18.5 Å². The van der Waals surface area contributed by atoms with Gasteiger partial charge >= 0.3 is 11.6 Å². The highest BCUT2D eigenvalue weighted by Crippen LogP contribution is 2.15. The topological polar surface area (TPSA) is 85.6 Å². The lowest BCUT2D eigenvalue weighted by Crippen LogP contribution is -2.23. The molecule has 1 aromatic heterocycles. The van der Waals surface area contributed by atoms with Crippen molar-refractivity contribution >= 4 is 44.5 Å². The molecule has 6 nitrogen and oxygen atoms in total. The molecule has 0 saturated carbocycles. The molecule has 0 spiro atoms. The average Bonchev–Trinajstić information content (AvgIpc) is 2.61. The Balaban J connectivity index is 1.66. The van der Waals surface area contributed by atoms with Gasteiger partial charge in [-0.05, 0) is 36.4 Å². The Morgan fingerprint density at radius 3 is 2.56 bits per heavy atom. The lowest BCUT2D eigenvalue weighted by atomic mass is 10.2. The Hall–Kier alpha value is -2.93. The van der Waals surface area contributed by atoms with Crippen LogP contribution in [0.25, 0.3) is 11.0 Å². The smallest absolute Gasteiger partial charge is 0.351 e. The number of nitrogens with one attached hydrogen (secondary N) is 1. The SMILES string of the molecule is O=C(COC(=O)c1cc2ccccc2oc1=O)Nc1ccc(Br)cc1. The lowest BCUT2D eigenvalue weighted by molar-refractivity contribution is -0.119. The summed E-state index contributed by atoms with van der Waals surface area (Å²) in [6.07, 6.45) is 0. The standard InChI is InChI=1S/C18H12BrNO5/c19-12-5-7-13(8-6-12)20-16(21)10-24-17(22)14-9-11-3-1-2-4-15(11)25-18(14)23/h1-9H,10H2,(H,20,21). The van der Waals surface area contributed by atoms with Gasteiger partial charge in [0.25, 0.3) is 5.91 Å². The maximum Gasteiger partial charge on any atom is 0.351 e. The quantitative estimate of drug-likeness (QED) is 0.535. The van der Waals surface area contributed by atoms with E-state index in [1.54, 1.807) is 48.5 Å². The predicted octanol–water partition coefficient (Wildman–Crippen LogP) is 3.35. The molecule has 2 aromatic carbocycles. The zero-order valence-corrected chi connectivity index (χ0v) is 14.4. The molecule has 25 heavy (non-hydrogen) atoms. The van der Waals surface area contributed by atoms with Crippen LogP contribution in [-0.2, 0) is 9.53 Å². The highest BCUT2D eigenvalue weighted by molar-refractivity contribution is 9.10. The summed E-state index contributed by atoms with van der Waals surface area (Å²) in [6, 6.07) is 15.1. The maximum atomic E-state index is 12.0. The van der Waals surface area contributed by atoms with Crippen molar-refractivity contribution in [1.82, 2.24) is 0 Å². The average molecular weight is 402 g/mol. The molecular formula is C18H12BrNO5. The largest absolute Gasteiger partial charge is 0.452 e. The van der Waals surface area contributed by atoms with Crippen LogP contribution in [0.1, 0.15) is 10.4 Å². The summed E-state index contributed by atoms with van der Waals surface area (Å²) in [6.45, 7) is -0.513. The second-order valence-corrected chi connectivity index (χ2v) is 6.03. The van der Waals surface area contributed by atoms with E-state index < -0.39 is 24.1 Å². The van der Waals surface area contributed by atoms with Crippen molar-refractivity contribution in [2.45, 2.75) is 0 Å². The van der Waals surface area contributed by atoms with Crippen molar-refractivity contribution in [3.8, 4) is 0 Å². The van der Waals surface area contributed by atoms with E-state index in [9.17, 15) is 14.4 Å². The number of carbonyl (C=O) groups is 2. The molecule has 3 rings (SSSR count). The van der Waals surface area contributed by atoms with Gasteiger partial charge in [-0.1, -0.05) is 34.1 Å². The zero-order valence-electron chi connectivity index (χ0n) is 12.8. The number of fused-ring (bicyclic) bond motifs is 1. The van der Waals surface area contributed by atoms with Gasteiger partial charge in [0, 0.05) is 15.5 Å².